The van der Waals surface area contributed by atoms with Crippen LogP contribution in [0.5, 0.6) is 0 Å². The van der Waals surface area contributed by atoms with Gasteiger partial charge in [-0.1, -0.05) is 23.7 Å². The Morgan fingerprint density at radius 1 is 1.19 bits per heavy atom. The van der Waals surface area contributed by atoms with Gasteiger partial charge in [-0.25, -0.2) is 4.68 Å². The lowest BCUT2D eigenvalue weighted by Gasteiger charge is -2.08. The molecule has 0 saturated carbocycles. The summed E-state index contributed by atoms with van der Waals surface area (Å²) in [5, 5.41) is 17.2. The number of benzene rings is 2. The van der Waals surface area contributed by atoms with Crippen LogP contribution in [0.3, 0.4) is 0 Å². The number of aryl methyl sites for hydroxylation is 1. The minimum atomic E-state index is -4.47. The van der Waals surface area contributed by atoms with Crippen LogP contribution in [0.2, 0.25) is 5.15 Å². The molecule has 12 heteroatoms. The van der Waals surface area contributed by atoms with Crippen LogP contribution in [0.4, 0.5) is 24.8 Å². The van der Waals surface area contributed by atoms with Crippen molar-refractivity contribution in [2.75, 3.05) is 11.9 Å². The Kier molecular flexibility index (Phi) is 5.27. The molecule has 31 heavy (non-hydrogen) atoms. The van der Waals surface area contributed by atoms with Crippen molar-refractivity contribution in [2.45, 2.75) is 6.18 Å². The van der Waals surface area contributed by atoms with Crippen molar-refractivity contribution in [2.24, 2.45) is 7.05 Å². The second-order valence-electron chi connectivity index (χ2n) is 6.66. The number of aromatic nitrogens is 5. The van der Waals surface area contributed by atoms with Gasteiger partial charge < -0.3 is 10.6 Å². The highest BCUT2D eigenvalue weighted by Crippen LogP contribution is 2.26. The van der Waals surface area contributed by atoms with E-state index in [0.717, 1.165) is 16.6 Å². The number of carbonyl (C=O) groups is 1. The maximum atomic E-state index is 12.2. The van der Waals surface area contributed by atoms with Gasteiger partial charge >= 0.3 is 6.18 Å². The first-order valence-corrected chi connectivity index (χ1v) is 9.34. The Hall–Kier alpha value is -3.60. The van der Waals surface area contributed by atoms with Gasteiger partial charge in [-0.15, -0.1) is 5.10 Å². The van der Waals surface area contributed by atoms with Crippen molar-refractivity contribution in [3.05, 3.63) is 53.2 Å². The van der Waals surface area contributed by atoms with Crippen molar-refractivity contribution in [1.82, 2.24) is 30.3 Å². The summed E-state index contributed by atoms with van der Waals surface area (Å²) in [6.07, 6.45) is -4.47. The number of carbonyl (C=O) groups excluding carboxylic acids is 1. The Balaban J connectivity index is 1.50. The van der Waals surface area contributed by atoms with Crippen LogP contribution in [0.25, 0.3) is 22.3 Å². The van der Waals surface area contributed by atoms with Crippen molar-refractivity contribution >= 4 is 40.0 Å². The molecule has 0 bridgehead atoms. The minimum absolute atomic E-state index is 0.104. The van der Waals surface area contributed by atoms with Crippen LogP contribution in [-0.2, 0) is 7.05 Å². The number of anilines is 2. The van der Waals surface area contributed by atoms with E-state index in [4.69, 9.17) is 11.6 Å². The molecule has 0 radical (unpaired) electrons. The number of aromatic amines is 1. The first-order valence-electron chi connectivity index (χ1n) is 8.97. The summed E-state index contributed by atoms with van der Waals surface area (Å²) in [6, 6.07) is 11.5. The van der Waals surface area contributed by atoms with Gasteiger partial charge in [-0.05, 0) is 30.3 Å². The minimum Gasteiger partial charge on any atom is -0.343 e. The van der Waals surface area contributed by atoms with E-state index in [1.807, 2.05) is 23.5 Å². The number of halogens is 4. The average molecular weight is 450 g/mol. The Morgan fingerprint density at radius 2 is 1.94 bits per heavy atom. The standard InChI is InChI=1S/C19H15ClF3N7O/c1-30-18(25-12-6-7-14-13(8-12)15(20)28-27-14)26-16(29-30)10-2-4-11(5-3-10)17(31)24-9-19(21,22)23/h2-8H,9H2,1H3,(H,24,31)(H,27,28)(H,25,26,29). The van der Waals surface area contributed by atoms with Crippen molar-refractivity contribution in [3.63, 3.8) is 0 Å². The zero-order valence-electron chi connectivity index (χ0n) is 16.0. The normalized spacial score (nSPS) is 11.6. The third-order valence-corrected chi connectivity index (χ3v) is 4.68. The molecule has 4 rings (SSSR count). The molecule has 0 unspecified atom stereocenters. The molecular formula is C19H15ClF3N7O. The summed E-state index contributed by atoms with van der Waals surface area (Å²) >= 11 is 6.05. The van der Waals surface area contributed by atoms with E-state index in [1.165, 1.54) is 12.1 Å². The predicted molar refractivity (Wildman–Crippen MR) is 109 cm³/mol. The van der Waals surface area contributed by atoms with Crippen molar-refractivity contribution in [3.8, 4) is 11.4 Å². The molecule has 0 saturated heterocycles. The van der Waals surface area contributed by atoms with E-state index in [0.29, 0.717) is 22.5 Å². The molecule has 0 aliphatic heterocycles. The number of amides is 1. The first kappa shape index (κ1) is 20.7. The van der Waals surface area contributed by atoms with Gasteiger partial charge in [0.15, 0.2) is 11.0 Å². The zero-order valence-corrected chi connectivity index (χ0v) is 16.7. The van der Waals surface area contributed by atoms with Gasteiger partial charge in [-0.2, -0.15) is 23.3 Å². The lowest BCUT2D eigenvalue weighted by atomic mass is 10.1. The molecular weight excluding hydrogens is 435 g/mol. The molecule has 2 aromatic carbocycles. The van der Waals surface area contributed by atoms with Gasteiger partial charge in [0.25, 0.3) is 5.91 Å². The summed E-state index contributed by atoms with van der Waals surface area (Å²) in [6.45, 7) is -1.39. The number of alkyl halides is 3. The molecule has 4 aromatic rings. The molecule has 0 fully saturated rings. The largest absolute Gasteiger partial charge is 0.405 e. The smallest absolute Gasteiger partial charge is 0.343 e. The predicted octanol–water partition coefficient (Wildman–Crippen LogP) is 4.05. The maximum absolute atomic E-state index is 12.2. The highest BCUT2D eigenvalue weighted by molar-refractivity contribution is 6.34. The van der Waals surface area contributed by atoms with Crippen LogP contribution < -0.4 is 10.6 Å². The average Bonchev–Trinajstić information content (AvgIpc) is 3.28. The number of rotatable bonds is 5. The summed E-state index contributed by atoms with van der Waals surface area (Å²) < 4.78 is 38.3. The SMILES string of the molecule is Cn1nc(-c2ccc(C(=O)NCC(F)(F)F)cc2)nc1Nc1ccc2[nH]nc(Cl)c2c1. The molecule has 0 aliphatic rings. The monoisotopic (exact) mass is 449 g/mol. The number of hydrogen-bond acceptors (Lipinski definition) is 5. The van der Waals surface area contributed by atoms with Crippen LogP contribution in [0.15, 0.2) is 42.5 Å². The third-order valence-electron chi connectivity index (χ3n) is 4.39. The number of nitrogens with one attached hydrogen (secondary N) is 3. The van der Waals surface area contributed by atoms with E-state index >= 15 is 0 Å². The maximum Gasteiger partial charge on any atom is 0.405 e. The highest BCUT2D eigenvalue weighted by atomic mass is 35.5. The molecule has 2 aromatic heterocycles. The fourth-order valence-electron chi connectivity index (χ4n) is 2.86. The Labute approximate surface area is 178 Å². The fourth-order valence-corrected chi connectivity index (χ4v) is 3.06. The summed E-state index contributed by atoms with van der Waals surface area (Å²) in [7, 11) is 1.71. The molecule has 160 valence electrons. The molecule has 0 aliphatic carbocycles. The van der Waals surface area contributed by atoms with Gasteiger partial charge in [-0.3, -0.25) is 9.89 Å². The summed E-state index contributed by atoms with van der Waals surface area (Å²) in [5.74, 6) is 0.0316. The molecule has 0 atom stereocenters. The number of fused-ring (bicyclic) bond motifs is 1. The first-order chi connectivity index (χ1) is 14.7. The van der Waals surface area contributed by atoms with Crippen LogP contribution >= 0.6 is 11.6 Å². The van der Waals surface area contributed by atoms with Gasteiger partial charge in [0.2, 0.25) is 5.95 Å². The number of nitrogens with zero attached hydrogens (tertiary/aromatic N) is 4. The van der Waals surface area contributed by atoms with Crippen molar-refractivity contribution in [1.29, 1.82) is 0 Å². The molecule has 0 spiro atoms. The lowest BCUT2D eigenvalue weighted by Crippen LogP contribution is -2.33. The molecule has 8 nitrogen and oxygen atoms in total. The second kappa shape index (κ2) is 7.91. The zero-order chi connectivity index (χ0) is 22.2. The van der Waals surface area contributed by atoms with Gasteiger partial charge in [0.1, 0.15) is 6.54 Å². The third kappa shape index (κ3) is 4.61. The van der Waals surface area contributed by atoms with E-state index < -0.39 is 18.6 Å². The van der Waals surface area contributed by atoms with Gasteiger partial charge in [0.05, 0.1) is 5.52 Å². The molecule has 2 heterocycles. The molecule has 3 N–H and O–H groups in total. The van der Waals surface area contributed by atoms with Crippen LogP contribution in [0.1, 0.15) is 10.4 Å². The highest BCUT2D eigenvalue weighted by Gasteiger charge is 2.27. The number of H-pyrrole nitrogens is 1. The van der Waals surface area contributed by atoms with E-state index in [9.17, 15) is 18.0 Å². The van der Waals surface area contributed by atoms with Crippen LogP contribution in [0, 0.1) is 0 Å². The quantitative estimate of drug-likeness (QED) is 0.427. The van der Waals surface area contributed by atoms with E-state index in [1.54, 1.807) is 23.9 Å². The summed E-state index contributed by atoms with van der Waals surface area (Å²) in [4.78, 5) is 16.3. The van der Waals surface area contributed by atoms with E-state index in [2.05, 4.69) is 25.6 Å². The fraction of sp³-hybridized carbons (Fsp3) is 0.158. The second-order valence-corrected chi connectivity index (χ2v) is 7.02. The van der Waals surface area contributed by atoms with Crippen molar-refractivity contribution < 1.29 is 18.0 Å². The molecule has 1 amide bonds. The number of hydrogen-bond donors (Lipinski definition) is 3. The van der Waals surface area contributed by atoms with Gasteiger partial charge in [0, 0.05) is 29.2 Å². The van der Waals surface area contributed by atoms with E-state index in [-0.39, 0.29) is 5.56 Å². The lowest BCUT2D eigenvalue weighted by molar-refractivity contribution is -0.123. The summed E-state index contributed by atoms with van der Waals surface area (Å²) in [5.41, 5.74) is 2.24. The Bertz CT molecular complexity index is 1250. The topological polar surface area (TPSA) is 101 Å². The Morgan fingerprint density at radius 3 is 2.65 bits per heavy atom. The van der Waals surface area contributed by atoms with Crippen LogP contribution in [-0.4, -0.2) is 43.6 Å².